The zero-order chi connectivity index (χ0) is 22.9. The summed E-state index contributed by atoms with van der Waals surface area (Å²) < 4.78 is 26.7. The predicted molar refractivity (Wildman–Crippen MR) is 120 cm³/mol. The molecule has 0 aromatic heterocycles. The summed E-state index contributed by atoms with van der Waals surface area (Å²) >= 11 is 0. The second-order valence-corrected chi connectivity index (χ2v) is 10.6. The third-order valence-electron chi connectivity index (χ3n) is 6.74. The first-order chi connectivity index (χ1) is 15.2. The van der Waals surface area contributed by atoms with Crippen molar-refractivity contribution in [1.29, 1.82) is 0 Å². The Hall–Kier alpha value is -2.11. The summed E-state index contributed by atoms with van der Waals surface area (Å²) in [6.45, 7) is 6.46. The van der Waals surface area contributed by atoms with E-state index in [2.05, 4.69) is 0 Å². The van der Waals surface area contributed by atoms with Crippen molar-refractivity contribution in [2.75, 3.05) is 13.2 Å². The highest BCUT2D eigenvalue weighted by atomic mass is 19.1. The maximum Gasteiger partial charge on any atom is 0.329 e. The van der Waals surface area contributed by atoms with Crippen LogP contribution < -0.4 is 4.74 Å². The zero-order valence-electron chi connectivity index (χ0n) is 19.6. The Labute approximate surface area is 190 Å². The molecule has 3 aliphatic rings. The van der Waals surface area contributed by atoms with E-state index in [-0.39, 0.29) is 5.56 Å². The largest absolute Gasteiger partial charge is 0.493 e. The minimum atomic E-state index is -0.660. The molecule has 1 amide bonds. The van der Waals surface area contributed by atoms with Crippen LogP contribution in [-0.2, 0) is 9.53 Å². The monoisotopic (exact) mass is 445 g/mol. The summed E-state index contributed by atoms with van der Waals surface area (Å²) in [4.78, 5) is 27.4. The van der Waals surface area contributed by atoms with Crippen LogP contribution in [0.5, 0.6) is 5.75 Å². The molecule has 6 heteroatoms. The van der Waals surface area contributed by atoms with Crippen LogP contribution in [0.25, 0.3) is 0 Å². The molecule has 5 nitrogen and oxygen atoms in total. The topological polar surface area (TPSA) is 55.8 Å². The van der Waals surface area contributed by atoms with Crippen molar-refractivity contribution in [3.63, 3.8) is 0 Å². The second kappa shape index (κ2) is 9.40. The van der Waals surface area contributed by atoms with Crippen molar-refractivity contribution in [1.82, 2.24) is 4.90 Å². The van der Waals surface area contributed by atoms with Crippen LogP contribution in [0.3, 0.4) is 0 Å². The first-order valence-corrected chi connectivity index (χ1v) is 12.2. The molecule has 4 rings (SSSR count). The van der Waals surface area contributed by atoms with Crippen molar-refractivity contribution >= 4 is 11.9 Å². The van der Waals surface area contributed by atoms with Crippen molar-refractivity contribution in [3.05, 3.63) is 29.1 Å². The first-order valence-electron chi connectivity index (χ1n) is 12.2. The van der Waals surface area contributed by atoms with Crippen LogP contribution in [-0.4, -0.2) is 41.6 Å². The maximum absolute atomic E-state index is 15.1. The number of carbonyl (C=O) groups excluding carboxylic acids is 2. The van der Waals surface area contributed by atoms with Gasteiger partial charge in [-0.05, 0) is 82.8 Å². The van der Waals surface area contributed by atoms with Crippen LogP contribution in [0.2, 0.25) is 0 Å². The highest BCUT2D eigenvalue weighted by Gasteiger charge is 2.39. The van der Waals surface area contributed by atoms with Gasteiger partial charge >= 0.3 is 5.97 Å². The van der Waals surface area contributed by atoms with E-state index in [4.69, 9.17) is 9.47 Å². The lowest BCUT2D eigenvalue weighted by Gasteiger charge is -2.28. The van der Waals surface area contributed by atoms with Crippen LogP contribution in [0.1, 0.15) is 100 Å². The van der Waals surface area contributed by atoms with Crippen molar-refractivity contribution in [2.24, 2.45) is 5.92 Å². The third-order valence-corrected chi connectivity index (χ3v) is 6.74. The van der Waals surface area contributed by atoms with Crippen LogP contribution >= 0.6 is 0 Å². The van der Waals surface area contributed by atoms with Gasteiger partial charge in [-0.1, -0.05) is 19.3 Å². The lowest BCUT2D eigenvalue weighted by molar-refractivity contribution is -0.159. The van der Waals surface area contributed by atoms with Gasteiger partial charge in [-0.2, -0.15) is 0 Å². The molecule has 2 aliphatic carbocycles. The molecule has 176 valence electrons. The molecule has 1 atom stereocenters. The lowest BCUT2D eigenvalue weighted by Crippen LogP contribution is -2.43. The summed E-state index contributed by atoms with van der Waals surface area (Å²) in [6, 6.07) is 2.41. The highest BCUT2D eigenvalue weighted by Crippen LogP contribution is 2.45. The quantitative estimate of drug-likeness (QED) is 0.534. The lowest BCUT2D eigenvalue weighted by atomic mass is 9.90. The molecule has 2 saturated carbocycles. The van der Waals surface area contributed by atoms with E-state index in [1.807, 2.05) is 0 Å². The number of ether oxygens (including phenoxy) is 2. The zero-order valence-corrected chi connectivity index (χ0v) is 19.6. The van der Waals surface area contributed by atoms with Crippen LogP contribution in [0.15, 0.2) is 12.1 Å². The Kier molecular flexibility index (Phi) is 6.78. The standard InChI is InChI=1S/C26H36FNO4/c1-26(2,3)32-25(30)22-10-7-13-28(22)24(29)20-14-19(18-11-12-18)23(15-21(20)27)31-16-17-8-5-4-6-9-17/h14-15,17-18,22H,4-13,16H2,1-3H3. The molecule has 1 unspecified atom stereocenters. The second-order valence-electron chi connectivity index (χ2n) is 10.6. The minimum absolute atomic E-state index is 0.0346. The minimum Gasteiger partial charge on any atom is -0.493 e. The van der Waals surface area contributed by atoms with Gasteiger partial charge in [0.2, 0.25) is 0 Å². The third kappa shape index (κ3) is 5.44. The number of carbonyl (C=O) groups is 2. The number of nitrogens with zero attached hydrogens (tertiary/aromatic N) is 1. The molecule has 1 aromatic rings. The smallest absolute Gasteiger partial charge is 0.329 e. The Morgan fingerprint density at radius 2 is 1.75 bits per heavy atom. The fraction of sp³-hybridized carbons (Fsp3) is 0.692. The fourth-order valence-electron chi connectivity index (χ4n) is 4.91. The molecular weight excluding hydrogens is 409 g/mol. The molecule has 1 saturated heterocycles. The van der Waals surface area contributed by atoms with Gasteiger partial charge in [-0.25, -0.2) is 9.18 Å². The molecule has 1 aromatic carbocycles. The summed E-state index contributed by atoms with van der Waals surface area (Å²) in [7, 11) is 0. The van der Waals surface area contributed by atoms with E-state index in [1.54, 1.807) is 26.8 Å². The Morgan fingerprint density at radius 1 is 1.03 bits per heavy atom. The number of amides is 1. The van der Waals surface area contributed by atoms with Crippen LogP contribution in [0.4, 0.5) is 4.39 Å². The molecule has 0 radical (unpaired) electrons. The van der Waals surface area contributed by atoms with Gasteiger partial charge < -0.3 is 14.4 Å². The van der Waals surface area contributed by atoms with Gasteiger partial charge in [0.15, 0.2) is 0 Å². The number of hydrogen-bond acceptors (Lipinski definition) is 4. The summed E-state index contributed by atoms with van der Waals surface area (Å²) in [5.74, 6) is 0.00316. The fourth-order valence-corrected chi connectivity index (χ4v) is 4.91. The van der Waals surface area contributed by atoms with Gasteiger partial charge in [0.05, 0.1) is 12.2 Å². The van der Waals surface area contributed by atoms with E-state index in [0.29, 0.717) is 43.6 Å². The number of esters is 1. The van der Waals surface area contributed by atoms with Gasteiger partial charge in [-0.15, -0.1) is 0 Å². The molecular formula is C26H36FNO4. The predicted octanol–water partition coefficient (Wildman–Crippen LogP) is 5.61. The Balaban J connectivity index is 1.52. The van der Waals surface area contributed by atoms with E-state index >= 15 is 4.39 Å². The number of hydrogen-bond donors (Lipinski definition) is 0. The molecule has 0 spiro atoms. The van der Waals surface area contributed by atoms with E-state index in [0.717, 1.165) is 18.4 Å². The molecule has 0 bridgehead atoms. The maximum atomic E-state index is 15.1. The average Bonchev–Trinajstić information content (AvgIpc) is 3.46. The number of rotatable bonds is 6. The SMILES string of the molecule is CC(C)(C)OC(=O)C1CCCN1C(=O)c1cc(C2CC2)c(OCC2CCCCC2)cc1F. The summed E-state index contributed by atoms with van der Waals surface area (Å²) in [6.07, 6.45) is 9.40. The van der Waals surface area contributed by atoms with Crippen molar-refractivity contribution in [2.45, 2.75) is 96.1 Å². The Bertz CT molecular complexity index is 852. The van der Waals surface area contributed by atoms with Crippen molar-refractivity contribution in [3.8, 4) is 5.75 Å². The summed E-state index contributed by atoms with van der Waals surface area (Å²) in [5.41, 5.74) is 0.335. The van der Waals surface area contributed by atoms with E-state index in [9.17, 15) is 9.59 Å². The first kappa shape index (κ1) is 23.1. The molecule has 1 heterocycles. The van der Waals surface area contributed by atoms with Gasteiger partial charge in [-0.3, -0.25) is 4.79 Å². The van der Waals surface area contributed by atoms with Crippen LogP contribution in [0, 0.1) is 11.7 Å². The van der Waals surface area contributed by atoms with Gasteiger partial charge in [0.1, 0.15) is 23.2 Å². The molecule has 1 aliphatic heterocycles. The van der Waals surface area contributed by atoms with E-state index < -0.39 is 29.3 Å². The molecule has 3 fully saturated rings. The average molecular weight is 446 g/mol. The molecule has 0 N–H and O–H groups in total. The highest BCUT2D eigenvalue weighted by molar-refractivity contribution is 5.97. The van der Waals surface area contributed by atoms with E-state index in [1.165, 1.54) is 43.1 Å². The van der Waals surface area contributed by atoms with Crippen molar-refractivity contribution < 1.29 is 23.5 Å². The summed E-state index contributed by atoms with van der Waals surface area (Å²) in [5, 5.41) is 0. The van der Waals surface area contributed by atoms with Gasteiger partial charge in [0, 0.05) is 12.6 Å². The van der Waals surface area contributed by atoms with Gasteiger partial charge in [0.25, 0.3) is 5.91 Å². The Morgan fingerprint density at radius 3 is 2.41 bits per heavy atom. The normalized spacial score (nSPS) is 22.1. The molecule has 32 heavy (non-hydrogen) atoms. The number of halogens is 1. The number of benzene rings is 1. The number of likely N-dealkylation sites (tertiary alicyclic amines) is 1.